The van der Waals surface area contributed by atoms with E-state index in [2.05, 4.69) is 30.3 Å². The van der Waals surface area contributed by atoms with Crippen molar-refractivity contribution in [3.8, 4) is 0 Å². The third-order valence-corrected chi connectivity index (χ3v) is 3.81. The molecule has 0 unspecified atom stereocenters. The summed E-state index contributed by atoms with van der Waals surface area (Å²) in [6.07, 6.45) is 2.13. The molecular formula is C22H18O2. The number of ether oxygens (including phenoxy) is 1. The molecule has 0 atom stereocenters. The number of rotatable bonds is 4. The summed E-state index contributed by atoms with van der Waals surface area (Å²) >= 11 is 0. The third kappa shape index (κ3) is 3.61. The third-order valence-electron chi connectivity index (χ3n) is 3.81. The predicted molar refractivity (Wildman–Crippen MR) is 97.6 cm³/mol. The van der Waals surface area contributed by atoms with E-state index in [1.165, 1.54) is 7.11 Å². The van der Waals surface area contributed by atoms with E-state index in [-0.39, 0.29) is 5.97 Å². The average Bonchev–Trinajstić information content (AvgIpc) is 2.67. The van der Waals surface area contributed by atoms with Crippen molar-refractivity contribution >= 4 is 17.6 Å². The fourth-order valence-corrected chi connectivity index (χ4v) is 2.57. The van der Waals surface area contributed by atoms with Gasteiger partial charge in [-0.2, -0.15) is 0 Å². The van der Waals surface area contributed by atoms with Gasteiger partial charge in [-0.15, -0.1) is 0 Å². The van der Waals surface area contributed by atoms with Gasteiger partial charge in [-0.05, 0) is 40.5 Å². The molecule has 2 heteroatoms. The fourth-order valence-electron chi connectivity index (χ4n) is 2.57. The van der Waals surface area contributed by atoms with Crippen molar-refractivity contribution < 1.29 is 9.53 Å². The highest BCUT2D eigenvalue weighted by atomic mass is 16.5. The maximum absolute atomic E-state index is 11.6. The molecule has 0 aromatic heterocycles. The number of esters is 1. The van der Waals surface area contributed by atoms with Crippen LogP contribution in [0.15, 0.2) is 84.9 Å². The summed E-state index contributed by atoms with van der Waals surface area (Å²) in [5.74, 6) is -0.322. The van der Waals surface area contributed by atoms with Crippen LogP contribution in [0.25, 0.3) is 11.6 Å². The van der Waals surface area contributed by atoms with Crippen molar-refractivity contribution in [2.24, 2.45) is 0 Å². The Morgan fingerprint density at radius 2 is 1.21 bits per heavy atom. The van der Waals surface area contributed by atoms with Gasteiger partial charge in [0.1, 0.15) is 0 Å². The van der Waals surface area contributed by atoms with E-state index in [1.807, 2.05) is 48.5 Å². The Labute approximate surface area is 142 Å². The number of carbonyl (C=O) groups excluding carboxylic acids is 1. The van der Waals surface area contributed by atoms with Crippen molar-refractivity contribution in [1.82, 2.24) is 0 Å². The summed E-state index contributed by atoms with van der Waals surface area (Å²) in [6.45, 7) is 0. The minimum atomic E-state index is -0.322. The summed E-state index contributed by atoms with van der Waals surface area (Å²) in [6, 6.07) is 28.0. The van der Waals surface area contributed by atoms with E-state index < -0.39 is 0 Å². The number of benzene rings is 3. The van der Waals surface area contributed by atoms with Gasteiger partial charge in [0.15, 0.2) is 0 Å². The Balaban J connectivity index is 2.02. The van der Waals surface area contributed by atoms with Gasteiger partial charge in [0.25, 0.3) is 0 Å². The Bertz CT molecular complexity index is 791. The van der Waals surface area contributed by atoms with Crippen LogP contribution >= 0.6 is 0 Å². The number of carbonyl (C=O) groups is 1. The number of methoxy groups -OCH3 is 1. The lowest BCUT2D eigenvalue weighted by Gasteiger charge is -2.09. The van der Waals surface area contributed by atoms with Crippen LogP contribution in [0.4, 0.5) is 0 Å². The predicted octanol–water partition coefficient (Wildman–Crippen LogP) is 5.06. The molecule has 0 bridgehead atoms. The van der Waals surface area contributed by atoms with Gasteiger partial charge in [-0.1, -0.05) is 72.8 Å². The Kier molecular flexibility index (Phi) is 4.87. The lowest BCUT2D eigenvalue weighted by atomic mass is 9.95. The van der Waals surface area contributed by atoms with E-state index in [0.717, 1.165) is 22.3 Å². The molecule has 0 spiro atoms. The second kappa shape index (κ2) is 7.42. The highest BCUT2D eigenvalue weighted by molar-refractivity contribution is 5.93. The van der Waals surface area contributed by atoms with Gasteiger partial charge in [0.05, 0.1) is 12.7 Å². The molecule has 3 aromatic rings. The average molecular weight is 314 g/mol. The van der Waals surface area contributed by atoms with Gasteiger partial charge < -0.3 is 4.74 Å². The highest BCUT2D eigenvalue weighted by Crippen LogP contribution is 2.26. The highest BCUT2D eigenvalue weighted by Gasteiger charge is 2.06. The molecule has 0 aliphatic rings. The molecule has 0 amide bonds. The summed E-state index contributed by atoms with van der Waals surface area (Å²) < 4.78 is 4.74. The molecule has 2 nitrogen and oxygen atoms in total. The first-order valence-corrected chi connectivity index (χ1v) is 7.79. The van der Waals surface area contributed by atoms with E-state index in [0.29, 0.717) is 5.56 Å². The van der Waals surface area contributed by atoms with E-state index in [1.54, 1.807) is 12.1 Å². The standard InChI is InChI=1S/C22H18O2/c1-24-22(23)20-14-12-17(13-15-20)16-21(18-8-4-2-5-9-18)19-10-6-3-7-11-19/h2-16H,1H3. The smallest absolute Gasteiger partial charge is 0.337 e. The van der Waals surface area contributed by atoms with Gasteiger partial charge in [0.2, 0.25) is 0 Å². The largest absolute Gasteiger partial charge is 0.465 e. The molecular weight excluding hydrogens is 296 g/mol. The maximum atomic E-state index is 11.6. The maximum Gasteiger partial charge on any atom is 0.337 e. The van der Waals surface area contributed by atoms with Crippen molar-refractivity contribution in [3.63, 3.8) is 0 Å². The first-order valence-electron chi connectivity index (χ1n) is 7.79. The van der Waals surface area contributed by atoms with Gasteiger partial charge in [0, 0.05) is 0 Å². The van der Waals surface area contributed by atoms with Crippen LogP contribution in [-0.2, 0) is 4.74 Å². The SMILES string of the molecule is COC(=O)c1ccc(C=C(c2ccccc2)c2ccccc2)cc1. The molecule has 0 saturated heterocycles. The Morgan fingerprint density at radius 1 is 0.708 bits per heavy atom. The van der Waals surface area contributed by atoms with Crippen LogP contribution in [0, 0.1) is 0 Å². The minimum absolute atomic E-state index is 0.322. The first-order chi connectivity index (χ1) is 11.8. The Hall–Kier alpha value is -3.13. The molecule has 0 aliphatic carbocycles. The molecule has 0 fully saturated rings. The van der Waals surface area contributed by atoms with Crippen molar-refractivity contribution in [1.29, 1.82) is 0 Å². The lowest BCUT2D eigenvalue weighted by molar-refractivity contribution is 0.0600. The molecule has 3 aromatic carbocycles. The molecule has 3 rings (SSSR count). The zero-order chi connectivity index (χ0) is 16.8. The van der Waals surface area contributed by atoms with E-state index in [4.69, 9.17) is 4.74 Å². The summed E-state index contributed by atoms with van der Waals surface area (Å²) in [7, 11) is 1.39. The molecule has 0 radical (unpaired) electrons. The zero-order valence-electron chi connectivity index (χ0n) is 13.5. The van der Waals surface area contributed by atoms with Crippen LogP contribution in [-0.4, -0.2) is 13.1 Å². The molecule has 24 heavy (non-hydrogen) atoms. The molecule has 0 N–H and O–H groups in total. The van der Waals surface area contributed by atoms with Gasteiger partial charge in [-0.3, -0.25) is 0 Å². The molecule has 0 heterocycles. The van der Waals surface area contributed by atoms with Gasteiger partial charge in [-0.25, -0.2) is 4.79 Å². The normalized spacial score (nSPS) is 10.0. The quantitative estimate of drug-likeness (QED) is 0.497. The van der Waals surface area contributed by atoms with Crippen LogP contribution in [0.5, 0.6) is 0 Å². The summed E-state index contributed by atoms with van der Waals surface area (Å²) in [5.41, 5.74) is 5.03. The van der Waals surface area contributed by atoms with Crippen molar-refractivity contribution in [2.75, 3.05) is 7.11 Å². The van der Waals surface area contributed by atoms with Crippen molar-refractivity contribution in [3.05, 3.63) is 107 Å². The zero-order valence-corrected chi connectivity index (χ0v) is 13.5. The summed E-state index contributed by atoms with van der Waals surface area (Å²) in [4.78, 5) is 11.6. The Morgan fingerprint density at radius 3 is 1.67 bits per heavy atom. The van der Waals surface area contributed by atoms with Crippen LogP contribution in [0.1, 0.15) is 27.0 Å². The number of hydrogen-bond acceptors (Lipinski definition) is 2. The minimum Gasteiger partial charge on any atom is -0.465 e. The van der Waals surface area contributed by atoms with E-state index in [9.17, 15) is 4.79 Å². The van der Waals surface area contributed by atoms with Crippen LogP contribution < -0.4 is 0 Å². The first kappa shape index (κ1) is 15.8. The number of hydrogen-bond donors (Lipinski definition) is 0. The second-order valence-electron chi connectivity index (χ2n) is 5.40. The van der Waals surface area contributed by atoms with Gasteiger partial charge >= 0.3 is 5.97 Å². The van der Waals surface area contributed by atoms with Crippen molar-refractivity contribution in [2.45, 2.75) is 0 Å². The second-order valence-corrected chi connectivity index (χ2v) is 5.40. The van der Waals surface area contributed by atoms with Crippen LogP contribution in [0.3, 0.4) is 0 Å². The van der Waals surface area contributed by atoms with Crippen LogP contribution in [0.2, 0.25) is 0 Å². The van der Waals surface area contributed by atoms with E-state index >= 15 is 0 Å². The fraction of sp³-hybridized carbons (Fsp3) is 0.0455. The molecule has 118 valence electrons. The topological polar surface area (TPSA) is 26.3 Å². The summed E-state index contributed by atoms with van der Waals surface area (Å²) in [5, 5.41) is 0. The molecule has 0 saturated carbocycles. The lowest BCUT2D eigenvalue weighted by Crippen LogP contribution is -2.00. The monoisotopic (exact) mass is 314 g/mol. The molecule has 0 aliphatic heterocycles.